The van der Waals surface area contributed by atoms with E-state index in [2.05, 4.69) is 30.6 Å². The molecule has 1 heterocycles. The van der Waals surface area contributed by atoms with Crippen LogP contribution in [-0.2, 0) is 16.6 Å². The summed E-state index contributed by atoms with van der Waals surface area (Å²) in [7, 11) is -3.79. The van der Waals surface area contributed by atoms with E-state index in [4.69, 9.17) is 0 Å². The van der Waals surface area contributed by atoms with Crippen LogP contribution in [0.25, 0.3) is 0 Å². The first-order chi connectivity index (χ1) is 9.38. The third kappa shape index (κ3) is 3.59. The van der Waals surface area contributed by atoms with Gasteiger partial charge in [-0.1, -0.05) is 0 Å². The number of nitrogens with one attached hydrogen (secondary N) is 1. The van der Waals surface area contributed by atoms with E-state index in [1.54, 1.807) is 13.1 Å². The number of hydrogen-bond acceptors (Lipinski definition) is 4. The van der Waals surface area contributed by atoms with E-state index in [9.17, 15) is 12.8 Å². The Bertz CT molecular complexity index is 720. The molecule has 0 atom stereocenters. The van der Waals surface area contributed by atoms with Gasteiger partial charge in [-0.2, -0.15) is 0 Å². The topological polar surface area (TPSA) is 72.0 Å². The fraction of sp³-hybridized carbons (Fsp3) is 0.167. The van der Waals surface area contributed by atoms with Gasteiger partial charge in [0, 0.05) is 6.20 Å². The molecule has 0 aliphatic rings. The average Bonchev–Trinajstić information content (AvgIpc) is 2.41. The molecule has 0 unspecified atom stereocenters. The molecule has 20 heavy (non-hydrogen) atoms. The number of rotatable bonds is 4. The van der Waals surface area contributed by atoms with Gasteiger partial charge in [0.2, 0.25) is 10.0 Å². The SMILES string of the molecule is Cc1cnc(CNS(=O)(=O)c2ccc(Br)c(F)c2)cn1. The maximum Gasteiger partial charge on any atom is 0.241 e. The van der Waals surface area contributed by atoms with E-state index in [-0.39, 0.29) is 15.9 Å². The first kappa shape index (κ1) is 15.0. The molecule has 1 aromatic heterocycles. The number of benzene rings is 1. The second-order valence-corrected chi connectivity index (χ2v) is 6.67. The molecule has 106 valence electrons. The highest BCUT2D eigenvalue weighted by Gasteiger charge is 2.15. The van der Waals surface area contributed by atoms with Gasteiger partial charge in [0.1, 0.15) is 5.82 Å². The molecule has 0 saturated heterocycles. The summed E-state index contributed by atoms with van der Waals surface area (Å²) in [5.41, 5.74) is 1.23. The van der Waals surface area contributed by atoms with Gasteiger partial charge in [0.25, 0.3) is 0 Å². The minimum Gasteiger partial charge on any atom is -0.258 e. The predicted octanol–water partition coefficient (Wildman–Crippen LogP) is 2.17. The zero-order valence-corrected chi connectivity index (χ0v) is 12.9. The summed E-state index contributed by atoms with van der Waals surface area (Å²) in [5, 5.41) is 0. The van der Waals surface area contributed by atoms with Crippen LogP contribution >= 0.6 is 15.9 Å². The Morgan fingerprint density at radius 3 is 2.65 bits per heavy atom. The van der Waals surface area contributed by atoms with E-state index in [1.807, 2.05) is 0 Å². The van der Waals surface area contributed by atoms with E-state index >= 15 is 0 Å². The average molecular weight is 360 g/mol. The largest absolute Gasteiger partial charge is 0.258 e. The molecule has 0 radical (unpaired) electrons. The van der Waals surface area contributed by atoms with Gasteiger partial charge < -0.3 is 0 Å². The lowest BCUT2D eigenvalue weighted by atomic mass is 10.3. The molecule has 0 bridgehead atoms. The molecule has 8 heteroatoms. The van der Waals surface area contributed by atoms with Crippen molar-refractivity contribution in [1.29, 1.82) is 0 Å². The lowest BCUT2D eigenvalue weighted by Crippen LogP contribution is -2.24. The second kappa shape index (κ2) is 5.94. The monoisotopic (exact) mass is 359 g/mol. The summed E-state index contributed by atoms with van der Waals surface area (Å²) < 4.78 is 39.9. The molecule has 0 aliphatic carbocycles. The summed E-state index contributed by atoms with van der Waals surface area (Å²) in [6.07, 6.45) is 3.03. The quantitative estimate of drug-likeness (QED) is 0.907. The highest BCUT2D eigenvalue weighted by molar-refractivity contribution is 9.10. The zero-order valence-electron chi connectivity index (χ0n) is 10.5. The number of aromatic nitrogens is 2. The maximum absolute atomic E-state index is 13.4. The minimum atomic E-state index is -3.79. The molecule has 1 N–H and O–H groups in total. The molecule has 0 spiro atoms. The molecule has 0 fully saturated rings. The van der Waals surface area contributed by atoms with Crippen molar-refractivity contribution in [3.8, 4) is 0 Å². The van der Waals surface area contributed by atoms with Crippen LogP contribution in [0.3, 0.4) is 0 Å². The molecule has 0 aliphatic heterocycles. The van der Waals surface area contributed by atoms with Crippen LogP contribution in [0.4, 0.5) is 4.39 Å². The lowest BCUT2D eigenvalue weighted by molar-refractivity contribution is 0.575. The van der Waals surface area contributed by atoms with Crippen molar-refractivity contribution in [1.82, 2.24) is 14.7 Å². The predicted molar refractivity (Wildman–Crippen MR) is 74.9 cm³/mol. The molecule has 5 nitrogen and oxygen atoms in total. The van der Waals surface area contributed by atoms with E-state index in [1.165, 1.54) is 18.3 Å². The van der Waals surface area contributed by atoms with Crippen molar-refractivity contribution in [3.63, 3.8) is 0 Å². The van der Waals surface area contributed by atoms with Crippen LogP contribution in [0, 0.1) is 12.7 Å². The molecule has 2 rings (SSSR count). The fourth-order valence-corrected chi connectivity index (χ4v) is 2.66. The Balaban J connectivity index is 2.14. The number of sulfonamides is 1. The van der Waals surface area contributed by atoms with Gasteiger partial charge in [-0.3, -0.25) is 9.97 Å². The van der Waals surface area contributed by atoms with E-state index in [0.29, 0.717) is 5.69 Å². The van der Waals surface area contributed by atoms with E-state index in [0.717, 1.165) is 11.8 Å². The standard InChI is InChI=1S/C12H11BrFN3O2S/c1-8-5-16-9(6-15-8)7-17-20(18,19)10-2-3-11(13)12(14)4-10/h2-6,17H,7H2,1H3. The van der Waals surface area contributed by atoms with Gasteiger partial charge in [0.05, 0.1) is 33.5 Å². The van der Waals surface area contributed by atoms with Gasteiger partial charge in [-0.05, 0) is 41.1 Å². The summed E-state index contributed by atoms with van der Waals surface area (Å²) >= 11 is 2.97. The van der Waals surface area contributed by atoms with Gasteiger partial charge in [-0.25, -0.2) is 17.5 Å². The number of hydrogen-bond donors (Lipinski definition) is 1. The molecule has 1 aromatic carbocycles. The van der Waals surface area contributed by atoms with Gasteiger partial charge >= 0.3 is 0 Å². The van der Waals surface area contributed by atoms with Crippen molar-refractivity contribution in [2.24, 2.45) is 0 Å². The van der Waals surface area contributed by atoms with E-state index < -0.39 is 15.8 Å². The Morgan fingerprint density at radius 1 is 1.30 bits per heavy atom. The second-order valence-electron chi connectivity index (χ2n) is 4.05. The van der Waals surface area contributed by atoms with Gasteiger partial charge in [-0.15, -0.1) is 0 Å². The maximum atomic E-state index is 13.4. The summed E-state index contributed by atoms with van der Waals surface area (Å²) in [5.74, 6) is -0.636. The smallest absolute Gasteiger partial charge is 0.241 e. The van der Waals surface area contributed by atoms with Gasteiger partial charge in [0.15, 0.2) is 0 Å². The van der Waals surface area contributed by atoms with Crippen LogP contribution in [-0.4, -0.2) is 18.4 Å². The van der Waals surface area contributed by atoms with Crippen LogP contribution in [0.2, 0.25) is 0 Å². The number of nitrogens with zero attached hydrogens (tertiary/aromatic N) is 2. The fourth-order valence-electron chi connectivity index (χ4n) is 1.41. The molecular weight excluding hydrogens is 349 g/mol. The first-order valence-corrected chi connectivity index (χ1v) is 7.88. The first-order valence-electron chi connectivity index (χ1n) is 5.61. The summed E-state index contributed by atoms with van der Waals surface area (Å²) in [6, 6.07) is 3.61. The van der Waals surface area contributed by atoms with Crippen molar-refractivity contribution < 1.29 is 12.8 Å². The molecule has 0 amide bonds. The van der Waals surface area contributed by atoms with Crippen LogP contribution in [0.15, 0.2) is 40.0 Å². The van der Waals surface area contributed by atoms with Crippen molar-refractivity contribution >= 4 is 26.0 Å². The molecule has 2 aromatic rings. The third-order valence-corrected chi connectivity index (χ3v) is 4.52. The molecule has 0 saturated carbocycles. The van der Waals surface area contributed by atoms with Crippen LogP contribution in [0.5, 0.6) is 0 Å². The Labute approximate surface area is 124 Å². The third-order valence-electron chi connectivity index (χ3n) is 2.48. The Hall–Kier alpha value is -1.38. The minimum absolute atomic E-state index is 0.00665. The normalized spacial score (nSPS) is 11.6. The van der Waals surface area contributed by atoms with Crippen LogP contribution < -0.4 is 4.72 Å². The molecular formula is C12H11BrFN3O2S. The Morgan fingerprint density at radius 2 is 2.05 bits per heavy atom. The zero-order chi connectivity index (χ0) is 14.8. The summed E-state index contributed by atoms with van der Waals surface area (Å²) in [6.45, 7) is 1.78. The van der Waals surface area contributed by atoms with Crippen molar-refractivity contribution in [2.75, 3.05) is 0 Å². The number of aryl methyl sites for hydroxylation is 1. The number of halogens is 2. The lowest BCUT2D eigenvalue weighted by Gasteiger charge is -2.07. The highest BCUT2D eigenvalue weighted by atomic mass is 79.9. The summed E-state index contributed by atoms with van der Waals surface area (Å²) in [4.78, 5) is 7.91. The van der Waals surface area contributed by atoms with Crippen molar-refractivity contribution in [2.45, 2.75) is 18.4 Å². The Kier molecular flexibility index (Phi) is 4.46. The van der Waals surface area contributed by atoms with Crippen LogP contribution in [0.1, 0.15) is 11.4 Å². The highest BCUT2D eigenvalue weighted by Crippen LogP contribution is 2.19. The van der Waals surface area contributed by atoms with Crippen molar-refractivity contribution in [3.05, 3.63) is 52.3 Å².